The van der Waals surface area contributed by atoms with Crippen LogP contribution < -0.4 is 10.1 Å². The fourth-order valence-corrected chi connectivity index (χ4v) is 2.40. The van der Waals surface area contributed by atoms with Gasteiger partial charge in [0.15, 0.2) is 11.4 Å². The van der Waals surface area contributed by atoms with Crippen LogP contribution in [0.1, 0.15) is 20.3 Å². The fraction of sp³-hybridized carbons (Fsp3) is 0.357. The number of aromatic nitrogens is 3. The first-order valence-electron chi connectivity index (χ1n) is 6.50. The van der Waals surface area contributed by atoms with Crippen LogP contribution in [0.4, 0.5) is 5.69 Å². The van der Waals surface area contributed by atoms with Gasteiger partial charge in [0.25, 0.3) is 0 Å². The summed E-state index contributed by atoms with van der Waals surface area (Å²) in [5, 5.41) is 12.5. The summed E-state index contributed by atoms with van der Waals surface area (Å²) in [7, 11) is 0. The molecule has 3 rings (SSSR count). The zero-order chi connectivity index (χ0) is 14.2. The number of hydrogen-bond donors (Lipinski definition) is 1. The van der Waals surface area contributed by atoms with Gasteiger partial charge in [0.05, 0.1) is 0 Å². The smallest absolute Gasteiger partial charge is 0.247 e. The van der Waals surface area contributed by atoms with Crippen LogP contribution in [0.5, 0.6) is 5.88 Å². The van der Waals surface area contributed by atoms with Gasteiger partial charge < -0.3 is 10.1 Å². The lowest BCUT2D eigenvalue weighted by Gasteiger charge is -2.29. The van der Waals surface area contributed by atoms with Crippen LogP contribution in [-0.2, 0) is 0 Å². The van der Waals surface area contributed by atoms with E-state index in [9.17, 15) is 0 Å². The summed E-state index contributed by atoms with van der Waals surface area (Å²) in [6, 6.07) is 7.99. The fourth-order valence-electron chi connectivity index (χ4n) is 2.11. The van der Waals surface area contributed by atoms with E-state index in [4.69, 9.17) is 4.74 Å². The van der Waals surface area contributed by atoms with Gasteiger partial charge in [-0.25, -0.2) is 0 Å². The van der Waals surface area contributed by atoms with Crippen molar-refractivity contribution in [2.45, 2.75) is 31.1 Å². The first-order chi connectivity index (χ1) is 9.65. The average Bonchev–Trinajstić information content (AvgIpc) is 2.60. The highest BCUT2D eigenvalue weighted by molar-refractivity contribution is 7.98. The molecule has 2 aromatic rings. The predicted octanol–water partition coefficient (Wildman–Crippen LogP) is 3.19. The Hall–Kier alpha value is -1.82. The largest absolute Gasteiger partial charge is 0.450 e. The van der Waals surface area contributed by atoms with Crippen molar-refractivity contribution in [2.24, 2.45) is 0 Å². The molecule has 1 aromatic carbocycles. The van der Waals surface area contributed by atoms with E-state index in [0.717, 1.165) is 17.7 Å². The number of thioether (sulfide) groups is 1. The molecule has 104 valence electrons. The first-order valence-corrected chi connectivity index (χ1v) is 7.73. The highest BCUT2D eigenvalue weighted by Gasteiger charge is 2.32. The van der Waals surface area contributed by atoms with Gasteiger partial charge in [0.2, 0.25) is 11.0 Å². The van der Waals surface area contributed by atoms with Crippen molar-refractivity contribution in [1.82, 2.24) is 15.2 Å². The lowest BCUT2D eigenvalue weighted by atomic mass is 10.1. The van der Waals surface area contributed by atoms with E-state index >= 15 is 0 Å². The third kappa shape index (κ3) is 2.20. The predicted molar refractivity (Wildman–Crippen MR) is 80.0 cm³/mol. The average molecular weight is 288 g/mol. The molecule has 0 spiro atoms. The van der Waals surface area contributed by atoms with Crippen LogP contribution in [0.25, 0.3) is 11.3 Å². The van der Waals surface area contributed by atoms with Gasteiger partial charge in [0.1, 0.15) is 0 Å². The summed E-state index contributed by atoms with van der Waals surface area (Å²) in [4.78, 5) is 4.46. The molecular formula is C14H16N4OS. The van der Waals surface area contributed by atoms with Crippen LogP contribution in [0.2, 0.25) is 0 Å². The van der Waals surface area contributed by atoms with E-state index in [1.54, 1.807) is 0 Å². The number of nitrogens with zero attached hydrogens (tertiary/aromatic N) is 3. The zero-order valence-corrected chi connectivity index (χ0v) is 12.5. The normalized spacial score (nSPS) is 20.1. The van der Waals surface area contributed by atoms with Crippen molar-refractivity contribution < 1.29 is 4.74 Å². The Balaban J connectivity index is 2.22. The van der Waals surface area contributed by atoms with E-state index in [1.165, 1.54) is 11.8 Å². The van der Waals surface area contributed by atoms with Gasteiger partial charge in [-0.3, -0.25) is 0 Å². The molecule has 1 aliphatic rings. The summed E-state index contributed by atoms with van der Waals surface area (Å²) in [5.74, 6) is 0.533. The topological polar surface area (TPSA) is 59.9 Å². The van der Waals surface area contributed by atoms with Gasteiger partial charge in [-0.2, -0.15) is 4.98 Å². The summed E-state index contributed by atoms with van der Waals surface area (Å²) < 4.78 is 6.08. The molecule has 20 heavy (non-hydrogen) atoms. The Kier molecular flexibility index (Phi) is 3.25. The van der Waals surface area contributed by atoms with E-state index in [0.29, 0.717) is 16.7 Å². The highest BCUT2D eigenvalue weighted by Crippen LogP contribution is 2.39. The summed E-state index contributed by atoms with van der Waals surface area (Å²) >= 11 is 1.45. The molecule has 0 saturated heterocycles. The summed E-state index contributed by atoms with van der Waals surface area (Å²) in [5.41, 5.74) is 2.13. The minimum absolute atomic E-state index is 0.507. The van der Waals surface area contributed by atoms with Gasteiger partial charge in [-0.1, -0.05) is 36.9 Å². The second-order valence-electron chi connectivity index (χ2n) is 4.81. The Bertz CT molecular complexity index is 649. The molecule has 1 N–H and O–H groups in total. The Labute approximate surface area is 122 Å². The van der Waals surface area contributed by atoms with E-state index in [2.05, 4.69) is 27.4 Å². The standard InChI is InChI=1S/C14H16N4OS/c1-4-14(2)16-10-8-6-5-7-9(10)11-12(19-14)15-13(20-3)18-17-11/h5-8,16H,4H2,1-3H3/t14-/m0/s1. The van der Waals surface area contributed by atoms with Crippen molar-refractivity contribution in [3.05, 3.63) is 24.3 Å². The molecular weight excluding hydrogens is 272 g/mol. The number of para-hydroxylation sites is 1. The van der Waals surface area contributed by atoms with Crippen molar-refractivity contribution >= 4 is 17.4 Å². The van der Waals surface area contributed by atoms with Gasteiger partial charge in [-0.05, 0) is 19.2 Å². The second-order valence-corrected chi connectivity index (χ2v) is 5.58. The van der Waals surface area contributed by atoms with Gasteiger partial charge in [-0.15, -0.1) is 10.2 Å². The van der Waals surface area contributed by atoms with Crippen molar-refractivity contribution in [3.8, 4) is 17.1 Å². The molecule has 6 heteroatoms. The van der Waals surface area contributed by atoms with Crippen LogP contribution >= 0.6 is 11.8 Å². The van der Waals surface area contributed by atoms with Crippen LogP contribution in [0.15, 0.2) is 29.4 Å². The maximum absolute atomic E-state index is 6.08. The molecule has 0 amide bonds. The lowest BCUT2D eigenvalue weighted by molar-refractivity contribution is 0.109. The molecule has 0 radical (unpaired) electrons. The minimum Gasteiger partial charge on any atom is -0.450 e. The van der Waals surface area contributed by atoms with E-state index in [-0.39, 0.29) is 0 Å². The SMILES string of the molecule is CC[C@@]1(C)Nc2ccccc2-c2nnc(SC)nc2O1. The molecule has 5 nitrogen and oxygen atoms in total. The van der Waals surface area contributed by atoms with E-state index < -0.39 is 5.72 Å². The minimum atomic E-state index is -0.507. The molecule has 1 atom stereocenters. The third-order valence-electron chi connectivity index (χ3n) is 3.40. The molecule has 0 fully saturated rings. The van der Waals surface area contributed by atoms with Crippen molar-refractivity contribution in [3.63, 3.8) is 0 Å². The Morgan fingerprint density at radius 1 is 1.30 bits per heavy atom. The summed E-state index contributed by atoms with van der Waals surface area (Å²) in [6.07, 6.45) is 2.73. The number of benzene rings is 1. The van der Waals surface area contributed by atoms with Crippen LogP contribution in [0.3, 0.4) is 0 Å². The monoisotopic (exact) mass is 288 g/mol. The van der Waals surface area contributed by atoms with Gasteiger partial charge >= 0.3 is 0 Å². The van der Waals surface area contributed by atoms with Gasteiger partial charge in [0, 0.05) is 17.7 Å². The van der Waals surface area contributed by atoms with Crippen LogP contribution in [0, 0.1) is 0 Å². The maximum atomic E-state index is 6.08. The number of nitrogens with one attached hydrogen (secondary N) is 1. The number of hydrogen-bond acceptors (Lipinski definition) is 6. The molecule has 0 saturated carbocycles. The number of rotatable bonds is 2. The molecule has 0 bridgehead atoms. The zero-order valence-electron chi connectivity index (χ0n) is 11.7. The third-order valence-corrected chi connectivity index (χ3v) is 3.93. The number of ether oxygens (including phenoxy) is 1. The molecule has 1 aromatic heterocycles. The molecule has 1 aliphatic heterocycles. The number of fused-ring (bicyclic) bond motifs is 3. The first kappa shape index (κ1) is 13.2. The maximum Gasteiger partial charge on any atom is 0.247 e. The molecule has 2 heterocycles. The van der Waals surface area contributed by atoms with Crippen LogP contribution in [-0.4, -0.2) is 27.2 Å². The van der Waals surface area contributed by atoms with E-state index in [1.807, 2.05) is 37.4 Å². The Morgan fingerprint density at radius 3 is 2.85 bits per heavy atom. The Morgan fingerprint density at radius 2 is 2.10 bits per heavy atom. The molecule has 0 aliphatic carbocycles. The highest BCUT2D eigenvalue weighted by atomic mass is 32.2. The summed E-state index contributed by atoms with van der Waals surface area (Å²) in [6.45, 7) is 4.09. The molecule has 0 unspecified atom stereocenters. The second kappa shape index (κ2) is 4.94. The number of anilines is 1. The van der Waals surface area contributed by atoms with Crippen molar-refractivity contribution in [2.75, 3.05) is 11.6 Å². The quantitative estimate of drug-likeness (QED) is 0.856. The lowest BCUT2D eigenvalue weighted by Crippen LogP contribution is -2.40. The van der Waals surface area contributed by atoms with Crippen molar-refractivity contribution in [1.29, 1.82) is 0 Å².